The number of rotatable bonds is 4. The third-order valence-electron chi connectivity index (χ3n) is 6.29. The van der Waals surface area contributed by atoms with Crippen molar-refractivity contribution in [3.8, 4) is 11.5 Å². The number of carbonyl (C=O) groups is 1. The van der Waals surface area contributed by atoms with E-state index in [9.17, 15) is 9.18 Å². The Morgan fingerprint density at radius 3 is 2.67 bits per heavy atom. The predicted molar refractivity (Wildman–Crippen MR) is 113 cm³/mol. The molecule has 1 heterocycles. The molecule has 0 radical (unpaired) electrons. The lowest BCUT2D eigenvalue weighted by Crippen LogP contribution is -2.51. The third-order valence-corrected chi connectivity index (χ3v) is 6.29. The Hall–Kier alpha value is -2.60. The second-order valence-corrected chi connectivity index (χ2v) is 8.52. The van der Waals surface area contributed by atoms with Gasteiger partial charge < -0.3 is 14.4 Å². The van der Waals surface area contributed by atoms with E-state index in [1.165, 1.54) is 17.7 Å². The number of nitrogens with zero attached hydrogens (tertiary/aromatic N) is 2. The SMILES string of the molecule is CN1Cc2ccccc2OC2(CCC(N(C)C(=O)COc3ccccc3F)CC2)C1. The molecule has 4 rings (SSSR count). The van der Waals surface area contributed by atoms with E-state index in [1.807, 2.05) is 13.1 Å². The van der Waals surface area contributed by atoms with Crippen molar-refractivity contribution in [1.29, 1.82) is 0 Å². The van der Waals surface area contributed by atoms with Crippen LogP contribution < -0.4 is 9.47 Å². The van der Waals surface area contributed by atoms with Gasteiger partial charge in [-0.15, -0.1) is 0 Å². The molecular weight excluding hydrogens is 383 g/mol. The topological polar surface area (TPSA) is 42.0 Å². The van der Waals surface area contributed by atoms with Crippen LogP contribution in [-0.4, -0.2) is 54.6 Å². The van der Waals surface area contributed by atoms with Crippen LogP contribution in [0.1, 0.15) is 31.2 Å². The maximum absolute atomic E-state index is 13.7. The fourth-order valence-electron chi connectivity index (χ4n) is 4.62. The number of hydrogen-bond donors (Lipinski definition) is 0. The monoisotopic (exact) mass is 412 g/mol. The highest BCUT2D eigenvalue weighted by Crippen LogP contribution is 2.38. The average molecular weight is 413 g/mol. The van der Waals surface area contributed by atoms with Gasteiger partial charge in [-0.25, -0.2) is 4.39 Å². The fraction of sp³-hybridized carbons (Fsp3) is 0.458. The molecule has 1 fully saturated rings. The van der Waals surface area contributed by atoms with Crippen LogP contribution >= 0.6 is 0 Å². The molecule has 2 aromatic carbocycles. The standard InChI is InChI=1S/C24H29FN2O3/c1-26-15-18-7-3-5-9-21(18)30-24(17-26)13-11-19(12-14-24)27(2)23(28)16-29-22-10-6-4-8-20(22)25/h3-10,19H,11-17H2,1-2H3. The molecule has 0 aromatic heterocycles. The summed E-state index contributed by atoms with van der Waals surface area (Å²) >= 11 is 0. The highest BCUT2D eigenvalue weighted by atomic mass is 19.1. The highest BCUT2D eigenvalue weighted by molar-refractivity contribution is 5.77. The van der Waals surface area contributed by atoms with Gasteiger partial charge in [-0.2, -0.15) is 0 Å². The van der Waals surface area contributed by atoms with Crippen molar-refractivity contribution < 1.29 is 18.7 Å². The van der Waals surface area contributed by atoms with Gasteiger partial charge in [0.25, 0.3) is 5.91 Å². The van der Waals surface area contributed by atoms with Crippen LogP contribution in [0, 0.1) is 5.82 Å². The normalized spacial score (nSPS) is 23.9. The molecule has 0 bridgehead atoms. The molecule has 0 atom stereocenters. The number of halogens is 1. The van der Waals surface area contributed by atoms with Crippen molar-refractivity contribution in [3.05, 3.63) is 59.9 Å². The summed E-state index contributed by atoms with van der Waals surface area (Å²) in [6, 6.07) is 14.5. The van der Waals surface area contributed by atoms with E-state index in [-0.39, 0.29) is 29.9 Å². The maximum atomic E-state index is 13.7. The van der Waals surface area contributed by atoms with Crippen LogP contribution in [0.2, 0.25) is 0 Å². The molecule has 1 aliphatic carbocycles. The molecular formula is C24H29FN2O3. The van der Waals surface area contributed by atoms with Crippen molar-refractivity contribution in [3.63, 3.8) is 0 Å². The van der Waals surface area contributed by atoms with E-state index in [1.54, 1.807) is 17.0 Å². The number of ether oxygens (including phenoxy) is 2. The minimum absolute atomic E-state index is 0.107. The molecule has 0 unspecified atom stereocenters. The average Bonchev–Trinajstić information content (AvgIpc) is 2.88. The molecule has 30 heavy (non-hydrogen) atoms. The Balaban J connectivity index is 1.35. The zero-order chi connectivity index (χ0) is 21.1. The first-order chi connectivity index (χ1) is 14.5. The molecule has 0 saturated heterocycles. The maximum Gasteiger partial charge on any atom is 0.260 e. The first-order valence-corrected chi connectivity index (χ1v) is 10.5. The van der Waals surface area contributed by atoms with E-state index >= 15 is 0 Å². The van der Waals surface area contributed by atoms with Crippen LogP contribution in [0.3, 0.4) is 0 Å². The summed E-state index contributed by atoms with van der Waals surface area (Å²) in [6.45, 7) is 1.60. The second-order valence-electron chi connectivity index (χ2n) is 8.52. The van der Waals surface area contributed by atoms with E-state index in [2.05, 4.69) is 30.1 Å². The van der Waals surface area contributed by atoms with Gasteiger partial charge in [0.05, 0.1) is 0 Å². The van der Waals surface area contributed by atoms with Crippen LogP contribution in [0.5, 0.6) is 11.5 Å². The van der Waals surface area contributed by atoms with E-state index < -0.39 is 5.82 Å². The molecule has 6 heteroatoms. The minimum Gasteiger partial charge on any atom is -0.486 e. The Labute approximate surface area is 177 Å². The Kier molecular flexibility index (Phi) is 5.95. The molecule has 5 nitrogen and oxygen atoms in total. The quantitative estimate of drug-likeness (QED) is 0.765. The fourth-order valence-corrected chi connectivity index (χ4v) is 4.62. The minimum atomic E-state index is -0.456. The Bertz CT molecular complexity index is 896. The first-order valence-electron chi connectivity index (χ1n) is 10.5. The zero-order valence-corrected chi connectivity index (χ0v) is 17.6. The summed E-state index contributed by atoms with van der Waals surface area (Å²) in [4.78, 5) is 16.7. The predicted octanol–water partition coefficient (Wildman–Crippen LogP) is 3.87. The Morgan fingerprint density at radius 2 is 1.90 bits per heavy atom. The van der Waals surface area contributed by atoms with Crippen molar-refractivity contribution in [2.45, 2.75) is 43.9 Å². The van der Waals surface area contributed by atoms with Gasteiger partial charge in [0.1, 0.15) is 11.4 Å². The highest BCUT2D eigenvalue weighted by Gasteiger charge is 2.41. The van der Waals surface area contributed by atoms with Crippen molar-refractivity contribution in [1.82, 2.24) is 9.80 Å². The summed E-state index contributed by atoms with van der Waals surface area (Å²) in [7, 11) is 3.94. The molecule has 2 aliphatic rings. The molecule has 1 amide bonds. The van der Waals surface area contributed by atoms with E-state index in [0.717, 1.165) is 44.5 Å². The second kappa shape index (κ2) is 8.64. The summed E-state index contributed by atoms with van der Waals surface area (Å²) in [5, 5.41) is 0. The van der Waals surface area contributed by atoms with Gasteiger partial charge >= 0.3 is 0 Å². The van der Waals surface area contributed by atoms with Gasteiger partial charge in [0.15, 0.2) is 18.2 Å². The molecule has 0 N–H and O–H groups in total. The smallest absolute Gasteiger partial charge is 0.260 e. The van der Waals surface area contributed by atoms with Crippen molar-refractivity contribution >= 4 is 5.91 Å². The zero-order valence-electron chi connectivity index (χ0n) is 17.6. The van der Waals surface area contributed by atoms with Crippen LogP contribution in [0.25, 0.3) is 0 Å². The summed E-state index contributed by atoms with van der Waals surface area (Å²) in [5.74, 6) is 0.490. The summed E-state index contributed by atoms with van der Waals surface area (Å²) < 4.78 is 25.6. The van der Waals surface area contributed by atoms with Gasteiger partial charge in [-0.3, -0.25) is 9.69 Å². The lowest BCUT2D eigenvalue weighted by Gasteiger charge is -2.43. The van der Waals surface area contributed by atoms with Crippen molar-refractivity contribution in [2.24, 2.45) is 0 Å². The number of amides is 1. The summed E-state index contributed by atoms with van der Waals surface area (Å²) in [6.07, 6.45) is 3.53. The van der Waals surface area contributed by atoms with E-state index in [4.69, 9.17) is 9.47 Å². The van der Waals surface area contributed by atoms with Gasteiger partial charge in [-0.1, -0.05) is 30.3 Å². The first kappa shape index (κ1) is 20.7. The van der Waals surface area contributed by atoms with Crippen LogP contribution in [0.4, 0.5) is 4.39 Å². The number of fused-ring (bicyclic) bond motifs is 1. The van der Waals surface area contributed by atoms with E-state index in [0.29, 0.717) is 0 Å². The largest absolute Gasteiger partial charge is 0.486 e. The third kappa shape index (κ3) is 4.43. The van der Waals surface area contributed by atoms with Crippen LogP contribution in [-0.2, 0) is 11.3 Å². The van der Waals surface area contributed by atoms with Gasteiger partial charge in [0.2, 0.25) is 0 Å². The Morgan fingerprint density at radius 1 is 1.20 bits per heavy atom. The molecule has 1 spiro atoms. The number of likely N-dealkylation sites (N-methyl/N-ethyl adjacent to an activating group) is 2. The van der Waals surface area contributed by atoms with Crippen molar-refractivity contribution in [2.75, 3.05) is 27.2 Å². The number of carbonyl (C=O) groups excluding carboxylic acids is 1. The number of hydrogen-bond acceptors (Lipinski definition) is 4. The lowest BCUT2D eigenvalue weighted by molar-refractivity contribution is -0.136. The van der Waals surface area contributed by atoms with Gasteiger partial charge in [-0.05, 0) is 50.9 Å². The molecule has 160 valence electrons. The van der Waals surface area contributed by atoms with Gasteiger partial charge in [0, 0.05) is 31.7 Å². The van der Waals surface area contributed by atoms with Crippen LogP contribution in [0.15, 0.2) is 48.5 Å². The molecule has 2 aromatic rings. The number of para-hydroxylation sites is 2. The number of benzene rings is 2. The molecule has 1 saturated carbocycles. The lowest BCUT2D eigenvalue weighted by atomic mass is 9.81. The molecule has 1 aliphatic heterocycles. The summed E-state index contributed by atoms with van der Waals surface area (Å²) in [5.41, 5.74) is 1.00.